The highest BCUT2D eigenvalue weighted by molar-refractivity contribution is 6.17. The minimum Gasteiger partial charge on any atom is -0.436 e. The van der Waals surface area contributed by atoms with Gasteiger partial charge < -0.3 is 8.98 Å². The van der Waals surface area contributed by atoms with Gasteiger partial charge in [0.05, 0.1) is 28.3 Å². The molecule has 0 saturated carbocycles. The van der Waals surface area contributed by atoms with Crippen LogP contribution < -0.4 is 0 Å². The van der Waals surface area contributed by atoms with Crippen LogP contribution in [0.4, 0.5) is 0 Å². The summed E-state index contributed by atoms with van der Waals surface area (Å²) in [4.78, 5) is 9.76. The van der Waals surface area contributed by atoms with E-state index in [2.05, 4.69) is 137 Å². The predicted octanol–water partition coefficient (Wildman–Crippen LogP) is 9.96. The van der Waals surface area contributed by atoms with E-state index in [4.69, 9.17) is 9.40 Å². The number of hydrogen-bond acceptors (Lipinski definition) is 3. The van der Waals surface area contributed by atoms with Crippen LogP contribution in [-0.2, 0) is 0 Å². The number of rotatable bonds is 3. The van der Waals surface area contributed by atoms with E-state index in [-0.39, 0.29) is 0 Å². The van der Waals surface area contributed by atoms with Crippen molar-refractivity contribution in [3.05, 3.63) is 140 Å². The number of fused-ring (bicyclic) bond motifs is 8. The third-order valence-electron chi connectivity index (χ3n) is 8.25. The highest BCUT2D eigenvalue weighted by atomic mass is 16.3. The fourth-order valence-electron chi connectivity index (χ4n) is 6.32. The van der Waals surface area contributed by atoms with Crippen molar-refractivity contribution >= 4 is 54.8 Å². The van der Waals surface area contributed by atoms with Crippen molar-refractivity contribution < 1.29 is 4.42 Å². The lowest BCUT2D eigenvalue weighted by molar-refractivity contribution is 0.653. The molecular weight excluding hydrogens is 514 g/mol. The Bertz CT molecular complexity index is 2430. The lowest BCUT2D eigenvalue weighted by atomic mass is 10.0. The van der Waals surface area contributed by atoms with Gasteiger partial charge in [-0.3, -0.25) is 0 Å². The fourth-order valence-corrected chi connectivity index (χ4v) is 6.32. The third kappa shape index (κ3) is 3.42. The van der Waals surface area contributed by atoms with E-state index >= 15 is 0 Å². The van der Waals surface area contributed by atoms with Crippen LogP contribution in [-0.4, -0.2) is 14.5 Å². The molecule has 0 saturated heterocycles. The maximum absolute atomic E-state index is 6.08. The van der Waals surface area contributed by atoms with Crippen LogP contribution >= 0.6 is 0 Å². The van der Waals surface area contributed by atoms with Crippen LogP contribution in [0.5, 0.6) is 0 Å². The van der Waals surface area contributed by atoms with Crippen molar-refractivity contribution in [2.24, 2.45) is 0 Å². The Kier molecular flexibility index (Phi) is 4.87. The standard InChI is InChI=1S/C38H23N3O/c1-2-14-29-24(9-1)19-20-35-36(29)37-38(42-35)39-23-32(40-37)27-12-7-10-25(21-27)26-11-8-13-28(22-26)41-33-17-5-3-15-30(33)31-16-4-6-18-34(31)41/h1-23H. The molecule has 3 aromatic heterocycles. The molecule has 9 rings (SSSR count). The average Bonchev–Trinajstić information content (AvgIpc) is 3.61. The highest BCUT2D eigenvalue weighted by Crippen LogP contribution is 2.36. The molecule has 3 heterocycles. The van der Waals surface area contributed by atoms with Crippen LogP contribution in [0, 0.1) is 0 Å². The smallest absolute Gasteiger partial charge is 0.246 e. The first-order chi connectivity index (χ1) is 20.8. The molecule has 0 unspecified atom stereocenters. The SMILES string of the molecule is c1cc(-c2cccc(-n3c4ccccc4c4ccccc43)c2)cc(-c2cnc3oc4ccc5ccccc5c4c3n2)c1. The Morgan fingerprint density at radius 1 is 0.548 bits per heavy atom. The van der Waals surface area contributed by atoms with Gasteiger partial charge in [0.2, 0.25) is 5.71 Å². The van der Waals surface area contributed by atoms with Gasteiger partial charge in [-0.2, -0.15) is 0 Å². The van der Waals surface area contributed by atoms with Gasteiger partial charge in [-0.1, -0.05) is 97.1 Å². The summed E-state index contributed by atoms with van der Waals surface area (Å²) in [6.45, 7) is 0. The highest BCUT2D eigenvalue weighted by Gasteiger charge is 2.15. The van der Waals surface area contributed by atoms with Gasteiger partial charge in [-0.25, -0.2) is 9.97 Å². The molecule has 0 bridgehead atoms. The molecule has 0 spiro atoms. The zero-order chi connectivity index (χ0) is 27.6. The van der Waals surface area contributed by atoms with Crippen molar-refractivity contribution in [2.45, 2.75) is 0 Å². The zero-order valence-corrected chi connectivity index (χ0v) is 22.5. The Morgan fingerprint density at radius 2 is 1.21 bits per heavy atom. The average molecular weight is 538 g/mol. The van der Waals surface area contributed by atoms with E-state index in [0.29, 0.717) is 5.71 Å². The zero-order valence-electron chi connectivity index (χ0n) is 22.5. The van der Waals surface area contributed by atoms with Crippen LogP contribution in [0.15, 0.2) is 144 Å². The molecule has 6 aromatic carbocycles. The fraction of sp³-hybridized carbons (Fsp3) is 0. The molecule has 0 atom stereocenters. The van der Waals surface area contributed by atoms with Crippen LogP contribution in [0.1, 0.15) is 0 Å². The summed E-state index contributed by atoms with van der Waals surface area (Å²) in [5, 5.41) is 5.80. The monoisotopic (exact) mass is 537 g/mol. The summed E-state index contributed by atoms with van der Waals surface area (Å²) in [5.74, 6) is 0. The van der Waals surface area contributed by atoms with Gasteiger partial charge in [-0.05, 0) is 58.3 Å². The molecule has 42 heavy (non-hydrogen) atoms. The van der Waals surface area contributed by atoms with Gasteiger partial charge in [-0.15, -0.1) is 0 Å². The molecule has 0 aliphatic rings. The lowest BCUT2D eigenvalue weighted by Crippen LogP contribution is -1.94. The Labute approximate surface area is 241 Å². The first kappa shape index (κ1) is 23.0. The molecule has 4 heteroatoms. The maximum atomic E-state index is 6.08. The molecule has 9 aromatic rings. The molecule has 0 N–H and O–H groups in total. The Balaban J connectivity index is 1.18. The summed E-state index contributed by atoms with van der Waals surface area (Å²) >= 11 is 0. The van der Waals surface area contributed by atoms with Crippen molar-refractivity contribution in [3.8, 4) is 28.1 Å². The Morgan fingerprint density at radius 3 is 2.02 bits per heavy atom. The van der Waals surface area contributed by atoms with E-state index < -0.39 is 0 Å². The largest absolute Gasteiger partial charge is 0.436 e. The van der Waals surface area contributed by atoms with Crippen LogP contribution in [0.3, 0.4) is 0 Å². The normalized spacial score (nSPS) is 11.8. The van der Waals surface area contributed by atoms with Crippen molar-refractivity contribution in [1.82, 2.24) is 14.5 Å². The summed E-state index contributed by atoms with van der Waals surface area (Å²) in [6.07, 6.45) is 1.81. The summed E-state index contributed by atoms with van der Waals surface area (Å²) in [5.41, 5.74) is 9.78. The van der Waals surface area contributed by atoms with E-state index in [0.717, 1.165) is 55.3 Å². The summed E-state index contributed by atoms with van der Waals surface area (Å²) < 4.78 is 8.43. The molecule has 0 radical (unpaired) electrons. The Hall–Kier alpha value is -5.74. The first-order valence-corrected chi connectivity index (χ1v) is 14.1. The molecule has 0 aliphatic heterocycles. The van der Waals surface area contributed by atoms with Crippen molar-refractivity contribution in [3.63, 3.8) is 0 Å². The number of furan rings is 1. The van der Waals surface area contributed by atoms with E-state index in [1.807, 2.05) is 6.07 Å². The minimum atomic E-state index is 0.556. The van der Waals surface area contributed by atoms with Gasteiger partial charge in [0.15, 0.2) is 0 Å². The van der Waals surface area contributed by atoms with E-state index in [9.17, 15) is 0 Å². The maximum Gasteiger partial charge on any atom is 0.246 e. The summed E-state index contributed by atoms with van der Waals surface area (Å²) in [6, 6.07) is 46.9. The second kappa shape index (κ2) is 8.88. The van der Waals surface area contributed by atoms with Crippen molar-refractivity contribution in [1.29, 1.82) is 0 Å². The number of aromatic nitrogens is 3. The molecule has 0 amide bonds. The topological polar surface area (TPSA) is 43.9 Å². The molecular formula is C38H23N3O. The van der Waals surface area contributed by atoms with Crippen LogP contribution in [0.25, 0.3) is 82.8 Å². The number of nitrogens with zero attached hydrogens (tertiary/aromatic N) is 3. The molecule has 196 valence electrons. The molecule has 0 fully saturated rings. The molecule has 4 nitrogen and oxygen atoms in total. The number of para-hydroxylation sites is 2. The summed E-state index contributed by atoms with van der Waals surface area (Å²) in [7, 11) is 0. The van der Waals surface area contributed by atoms with Crippen LogP contribution in [0.2, 0.25) is 0 Å². The van der Waals surface area contributed by atoms with Gasteiger partial charge >= 0.3 is 0 Å². The number of benzene rings is 6. The van der Waals surface area contributed by atoms with E-state index in [1.165, 1.54) is 21.8 Å². The second-order valence-corrected chi connectivity index (χ2v) is 10.7. The number of hydrogen-bond donors (Lipinski definition) is 0. The van der Waals surface area contributed by atoms with Gasteiger partial charge in [0, 0.05) is 22.0 Å². The third-order valence-corrected chi connectivity index (χ3v) is 8.25. The predicted molar refractivity (Wildman–Crippen MR) is 172 cm³/mol. The van der Waals surface area contributed by atoms with Gasteiger partial charge in [0.25, 0.3) is 0 Å². The van der Waals surface area contributed by atoms with Crippen molar-refractivity contribution in [2.75, 3.05) is 0 Å². The minimum absolute atomic E-state index is 0.556. The second-order valence-electron chi connectivity index (χ2n) is 10.7. The lowest BCUT2D eigenvalue weighted by Gasteiger charge is -2.11. The van der Waals surface area contributed by atoms with Gasteiger partial charge in [0.1, 0.15) is 11.1 Å². The molecule has 0 aliphatic carbocycles. The van der Waals surface area contributed by atoms with E-state index in [1.54, 1.807) is 6.20 Å². The quantitative estimate of drug-likeness (QED) is 0.225. The first-order valence-electron chi connectivity index (χ1n) is 14.1.